The molecule has 0 saturated heterocycles. The molecular formula is C10H10BrNO2. The van der Waals surface area contributed by atoms with Gasteiger partial charge in [0.1, 0.15) is 11.8 Å². The minimum Gasteiger partial charge on any atom is -0.478 e. The van der Waals surface area contributed by atoms with E-state index >= 15 is 0 Å². The van der Waals surface area contributed by atoms with Crippen molar-refractivity contribution in [3.63, 3.8) is 0 Å². The number of halogens is 1. The maximum atomic E-state index is 9.44. The highest BCUT2D eigenvalue weighted by atomic mass is 79.9. The van der Waals surface area contributed by atoms with E-state index in [4.69, 9.17) is 10.00 Å². The normalized spacial score (nSPS) is 11.9. The van der Waals surface area contributed by atoms with Crippen LogP contribution in [0.1, 0.15) is 18.6 Å². The lowest BCUT2D eigenvalue weighted by atomic mass is 10.1. The van der Waals surface area contributed by atoms with Crippen molar-refractivity contribution in [3.8, 4) is 11.8 Å². The third kappa shape index (κ3) is 2.72. The molecule has 0 aliphatic rings. The van der Waals surface area contributed by atoms with Gasteiger partial charge in [-0.3, -0.25) is 0 Å². The SMILES string of the molecule is CC(O)c1cc(Br)ccc1OCC#N. The third-order valence-electron chi connectivity index (χ3n) is 1.71. The summed E-state index contributed by atoms with van der Waals surface area (Å²) in [7, 11) is 0. The van der Waals surface area contributed by atoms with E-state index in [1.54, 1.807) is 25.1 Å². The standard InChI is InChI=1S/C10H10BrNO2/c1-7(13)9-6-8(11)2-3-10(9)14-5-4-12/h2-3,6-7,13H,5H2,1H3. The summed E-state index contributed by atoms with van der Waals surface area (Å²) in [5.41, 5.74) is 0.676. The zero-order valence-electron chi connectivity index (χ0n) is 7.70. The Morgan fingerprint density at radius 2 is 2.36 bits per heavy atom. The van der Waals surface area contributed by atoms with Crippen molar-refractivity contribution in [1.82, 2.24) is 0 Å². The molecule has 14 heavy (non-hydrogen) atoms. The van der Waals surface area contributed by atoms with Gasteiger partial charge in [0.05, 0.1) is 6.10 Å². The first kappa shape index (κ1) is 11.0. The second-order valence-corrected chi connectivity index (χ2v) is 3.72. The summed E-state index contributed by atoms with van der Waals surface area (Å²) in [6.07, 6.45) is -0.610. The van der Waals surface area contributed by atoms with Gasteiger partial charge in [-0.05, 0) is 25.1 Å². The fraction of sp³-hybridized carbons (Fsp3) is 0.300. The van der Waals surface area contributed by atoms with Crippen LogP contribution < -0.4 is 4.74 Å². The van der Waals surface area contributed by atoms with Crippen LogP contribution in [0.4, 0.5) is 0 Å². The first-order valence-electron chi connectivity index (χ1n) is 4.12. The third-order valence-corrected chi connectivity index (χ3v) is 2.21. The maximum absolute atomic E-state index is 9.44. The first-order valence-corrected chi connectivity index (χ1v) is 4.91. The molecule has 74 valence electrons. The quantitative estimate of drug-likeness (QED) is 0.903. The van der Waals surface area contributed by atoms with Crippen LogP contribution in [0.25, 0.3) is 0 Å². The summed E-state index contributed by atoms with van der Waals surface area (Å²) in [4.78, 5) is 0. The second-order valence-electron chi connectivity index (χ2n) is 2.80. The largest absolute Gasteiger partial charge is 0.478 e. The van der Waals surface area contributed by atoms with E-state index in [9.17, 15) is 5.11 Å². The summed E-state index contributed by atoms with van der Waals surface area (Å²) in [6.45, 7) is 1.64. The van der Waals surface area contributed by atoms with Crippen LogP contribution in [0, 0.1) is 11.3 Å². The van der Waals surface area contributed by atoms with Gasteiger partial charge in [-0.25, -0.2) is 0 Å². The fourth-order valence-electron chi connectivity index (χ4n) is 1.09. The minimum atomic E-state index is -0.610. The molecule has 1 aromatic rings. The van der Waals surface area contributed by atoms with Crippen molar-refractivity contribution in [2.24, 2.45) is 0 Å². The Hall–Kier alpha value is -1.05. The highest BCUT2D eigenvalue weighted by Gasteiger charge is 2.09. The number of aliphatic hydroxyl groups is 1. The van der Waals surface area contributed by atoms with Gasteiger partial charge < -0.3 is 9.84 Å². The molecule has 3 nitrogen and oxygen atoms in total. The van der Waals surface area contributed by atoms with E-state index < -0.39 is 6.10 Å². The van der Waals surface area contributed by atoms with Crippen LogP contribution in [0.5, 0.6) is 5.75 Å². The summed E-state index contributed by atoms with van der Waals surface area (Å²) < 4.78 is 6.03. The molecule has 1 aromatic carbocycles. The van der Waals surface area contributed by atoms with Crippen LogP contribution in [0.3, 0.4) is 0 Å². The Morgan fingerprint density at radius 1 is 1.64 bits per heavy atom. The number of ether oxygens (including phenoxy) is 1. The van der Waals surface area contributed by atoms with Gasteiger partial charge in [-0.15, -0.1) is 0 Å². The van der Waals surface area contributed by atoms with Crippen molar-refractivity contribution in [2.75, 3.05) is 6.61 Å². The zero-order valence-corrected chi connectivity index (χ0v) is 9.28. The average Bonchev–Trinajstić information content (AvgIpc) is 2.15. The molecule has 0 aromatic heterocycles. The molecule has 1 atom stereocenters. The topological polar surface area (TPSA) is 53.2 Å². The molecule has 1 N–H and O–H groups in total. The van der Waals surface area contributed by atoms with Crippen molar-refractivity contribution in [3.05, 3.63) is 28.2 Å². The van der Waals surface area contributed by atoms with Crippen molar-refractivity contribution < 1.29 is 9.84 Å². The van der Waals surface area contributed by atoms with Crippen molar-refractivity contribution >= 4 is 15.9 Å². The summed E-state index contributed by atoms with van der Waals surface area (Å²) >= 11 is 3.30. The minimum absolute atomic E-state index is 0.0125. The van der Waals surface area contributed by atoms with Crippen LogP contribution >= 0.6 is 15.9 Å². The molecule has 0 amide bonds. The smallest absolute Gasteiger partial charge is 0.174 e. The Morgan fingerprint density at radius 3 is 2.93 bits per heavy atom. The number of hydrogen-bond acceptors (Lipinski definition) is 3. The van der Waals surface area contributed by atoms with Gasteiger partial charge in [0.25, 0.3) is 0 Å². The van der Waals surface area contributed by atoms with E-state index in [1.807, 2.05) is 6.07 Å². The van der Waals surface area contributed by atoms with E-state index in [0.29, 0.717) is 11.3 Å². The Labute approximate surface area is 91.1 Å². The summed E-state index contributed by atoms with van der Waals surface area (Å²) in [5, 5.41) is 17.8. The molecule has 0 aliphatic heterocycles. The predicted molar refractivity (Wildman–Crippen MR) is 55.9 cm³/mol. The average molecular weight is 256 g/mol. The number of nitrogens with zero attached hydrogens (tertiary/aromatic N) is 1. The number of nitriles is 1. The molecule has 0 aliphatic carbocycles. The lowest BCUT2D eigenvalue weighted by Gasteiger charge is -2.11. The molecule has 1 rings (SSSR count). The van der Waals surface area contributed by atoms with Gasteiger partial charge in [0.15, 0.2) is 6.61 Å². The predicted octanol–water partition coefficient (Wildman–Crippen LogP) is 2.40. The van der Waals surface area contributed by atoms with Crippen molar-refractivity contribution in [1.29, 1.82) is 5.26 Å². The lowest BCUT2D eigenvalue weighted by Crippen LogP contribution is -2.00. The van der Waals surface area contributed by atoms with Gasteiger partial charge in [-0.1, -0.05) is 15.9 Å². The Bertz CT molecular complexity index is 358. The molecule has 4 heteroatoms. The van der Waals surface area contributed by atoms with E-state index in [1.165, 1.54) is 0 Å². The van der Waals surface area contributed by atoms with Crippen LogP contribution in [0.2, 0.25) is 0 Å². The molecule has 0 fully saturated rings. The molecule has 0 radical (unpaired) electrons. The van der Waals surface area contributed by atoms with Gasteiger partial charge in [0.2, 0.25) is 0 Å². The first-order chi connectivity index (χ1) is 6.65. The lowest BCUT2D eigenvalue weighted by molar-refractivity contribution is 0.193. The number of rotatable bonds is 3. The Balaban J connectivity index is 2.97. The summed E-state index contributed by atoms with van der Waals surface area (Å²) in [5.74, 6) is 0.546. The summed E-state index contributed by atoms with van der Waals surface area (Å²) in [6, 6.07) is 7.19. The molecule has 0 heterocycles. The maximum Gasteiger partial charge on any atom is 0.174 e. The zero-order chi connectivity index (χ0) is 10.6. The van der Waals surface area contributed by atoms with E-state index in [-0.39, 0.29) is 6.61 Å². The second kappa shape index (κ2) is 4.99. The number of hydrogen-bond donors (Lipinski definition) is 1. The van der Waals surface area contributed by atoms with Crippen LogP contribution in [-0.4, -0.2) is 11.7 Å². The number of aliphatic hydroxyl groups excluding tert-OH is 1. The monoisotopic (exact) mass is 255 g/mol. The molecule has 0 spiro atoms. The van der Waals surface area contributed by atoms with E-state index in [0.717, 1.165) is 4.47 Å². The highest BCUT2D eigenvalue weighted by molar-refractivity contribution is 9.10. The van der Waals surface area contributed by atoms with E-state index in [2.05, 4.69) is 15.9 Å². The van der Waals surface area contributed by atoms with Gasteiger partial charge >= 0.3 is 0 Å². The highest BCUT2D eigenvalue weighted by Crippen LogP contribution is 2.28. The van der Waals surface area contributed by atoms with Gasteiger partial charge in [0, 0.05) is 10.0 Å². The Kier molecular flexibility index (Phi) is 3.93. The molecular weight excluding hydrogens is 246 g/mol. The number of benzene rings is 1. The van der Waals surface area contributed by atoms with Crippen molar-refractivity contribution in [2.45, 2.75) is 13.0 Å². The van der Waals surface area contributed by atoms with Gasteiger partial charge in [-0.2, -0.15) is 5.26 Å². The van der Waals surface area contributed by atoms with Crippen LogP contribution in [-0.2, 0) is 0 Å². The fourth-order valence-corrected chi connectivity index (χ4v) is 1.47. The molecule has 0 saturated carbocycles. The van der Waals surface area contributed by atoms with Crippen LogP contribution in [0.15, 0.2) is 22.7 Å². The molecule has 0 bridgehead atoms. The molecule has 1 unspecified atom stereocenters.